The summed E-state index contributed by atoms with van der Waals surface area (Å²) >= 11 is 0. The minimum absolute atomic E-state index is 0.0139. The van der Waals surface area contributed by atoms with Crippen molar-refractivity contribution in [3.8, 4) is 11.3 Å². The summed E-state index contributed by atoms with van der Waals surface area (Å²) < 4.78 is 13.0. The largest absolute Gasteiger partial charge is 0.357 e. The van der Waals surface area contributed by atoms with Crippen molar-refractivity contribution in [2.24, 2.45) is 0 Å². The summed E-state index contributed by atoms with van der Waals surface area (Å²) in [6.45, 7) is 0.540. The molecule has 5 rings (SSSR count). The molecule has 0 spiro atoms. The monoisotopic (exact) mass is 421 g/mol. The predicted molar refractivity (Wildman–Crippen MR) is 109 cm³/mol. The average Bonchev–Trinajstić information content (AvgIpc) is 3.56. The first-order valence-corrected chi connectivity index (χ1v) is 10.2. The van der Waals surface area contributed by atoms with Gasteiger partial charge in [-0.15, -0.1) is 0 Å². The van der Waals surface area contributed by atoms with Gasteiger partial charge in [-0.3, -0.25) is 24.3 Å². The molecule has 8 nitrogen and oxygen atoms in total. The SMILES string of the molecule is O=C(CN1CCCC2=C1C(=O)N(C1CC1)C2=O)Nc1ccc(-c2ccc(F)nc2)nc1. The van der Waals surface area contributed by atoms with Gasteiger partial charge in [0, 0.05) is 29.9 Å². The molecule has 0 atom stereocenters. The molecule has 2 aromatic rings. The lowest BCUT2D eigenvalue weighted by atomic mass is 10.0. The number of amides is 3. The number of anilines is 1. The van der Waals surface area contributed by atoms with Crippen molar-refractivity contribution in [2.75, 3.05) is 18.4 Å². The van der Waals surface area contributed by atoms with Crippen molar-refractivity contribution in [3.63, 3.8) is 0 Å². The molecule has 3 amide bonds. The number of pyridine rings is 2. The minimum atomic E-state index is -0.564. The van der Waals surface area contributed by atoms with Crippen LogP contribution >= 0.6 is 0 Å². The highest BCUT2D eigenvalue weighted by atomic mass is 19.1. The van der Waals surface area contributed by atoms with E-state index in [1.165, 1.54) is 23.4 Å². The Morgan fingerprint density at radius 3 is 2.61 bits per heavy atom. The fourth-order valence-corrected chi connectivity index (χ4v) is 4.05. The van der Waals surface area contributed by atoms with E-state index in [1.54, 1.807) is 23.1 Å². The number of carbonyl (C=O) groups is 3. The molecule has 4 heterocycles. The van der Waals surface area contributed by atoms with Gasteiger partial charge in [-0.2, -0.15) is 4.39 Å². The maximum atomic E-state index is 13.0. The Bertz CT molecular complexity index is 1090. The van der Waals surface area contributed by atoms with Gasteiger partial charge in [0.2, 0.25) is 11.9 Å². The second kappa shape index (κ2) is 7.57. The highest BCUT2D eigenvalue weighted by Gasteiger charge is 2.48. The van der Waals surface area contributed by atoms with Gasteiger partial charge in [0.05, 0.1) is 24.1 Å². The van der Waals surface area contributed by atoms with Crippen molar-refractivity contribution in [1.82, 2.24) is 19.8 Å². The molecule has 0 saturated heterocycles. The highest BCUT2D eigenvalue weighted by Crippen LogP contribution is 2.38. The Morgan fingerprint density at radius 1 is 1.10 bits per heavy atom. The number of halogens is 1. The smallest absolute Gasteiger partial charge is 0.277 e. The molecule has 0 radical (unpaired) electrons. The van der Waals surface area contributed by atoms with Crippen molar-refractivity contribution in [2.45, 2.75) is 31.7 Å². The molecular weight excluding hydrogens is 401 g/mol. The topological polar surface area (TPSA) is 95.5 Å². The van der Waals surface area contributed by atoms with Gasteiger partial charge in [-0.25, -0.2) is 4.98 Å². The zero-order valence-electron chi connectivity index (χ0n) is 16.7. The fraction of sp³-hybridized carbons (Fsp3) is 0.318. The Labute approximate surface area is 177 Å². The van der Waals surface area contributed by atoms with E-state index in [1.807, 2.05) is 0 Å². The lowest BCUT2D eigenvalue weighted by molar-refractivity contribution is -0.138. The predicted octanol–water partition coefficient (Wildman–Crippen LogP) is 2.10. The van der Waals surface area contributed by atoms with Gasteiger partial charge in [-0.1, -0.05) is 0 Å². The summed E-state index contributed by atoms with van der Waals surface area (Å²) in [5.74, 6) is -1.32. The summed E-state index contributed by atoms with van der Waals surface area (Å²) in [6, 6.07) is 6.26. The molecule has 3 aliphatic rings. The van der Waals surface area contributed by atoms with Gasteiger partial charge in [0.25, 0.3) is 11.8 Å². The summed E-state index contributed by atoms with van der Waals surface area (Å²) in [5, 5.41) is 2.78. The molecule has 1 aliphatic carbocycles. The molecule has 1 saturated carbocycles. The number of hydrogen-bond acceptors (Lipinski definition) is 6. The molecule has 158 valence electrons. The summed E-state index contributed by atoms with van der Waals surface area (Å²) in [6.07, 6.45) is 5.92. The Morgan fingerprint density at radius 2 is 1.94 bits per heavy atom. The number of hydrogen-bond donors (Lipinski definition) is 1. The van der Waals surface area contributed by atoms with Crippen LogP contribution in [0.1, 0.15) is 25.7 Å². The van der Waals surface area contributed by atoms with Crippen LogP contribution < -0.4 is 5.32 Å². The van der Waals surface area contributed by atoms with E-state index in [-0.39, 0.29) is 30.3 Å². The van der Waals surface area contributed by atoms with Gasteiger partial charge in [0.1, 0.15) is 5.70 Å². The van der Waals surface area contributed by atoms with Crippen molar-refractivity contribution in [3.05, 3.63) is 53.9 Å². The van der Waals surface area contributed by atoms with E-state index in [0.29, 0.717) is 41.2 Å². The molecule has 9 heteroatoms. The van der Waals surface area contributed by atoms with Crippen LogP contribution in [-0.4, -0.2) is 56.6 Å². The fourth-order valence-electron chi connectivity index (χ4n) is 4.05. The van der Waals surface area contributed by atoms with Gasteiger partial charge in [0.15, 0.2) is 0 Å². The summed E-state index contributed by atoms with van der Waals surface area (Å²) in [5.41, 5.74) is 2.69. The number of nitrogens with zero attached hydrogens (tertiary/aromatic N) is 4. The zero-order valence-corrected chi connectivity index (χ0v) is 16.7. The Hall–Kier alpha value is -3.62. The molecule has 2 aliphatic heterocycles. The molecule has 0 bridgehead atoms. The third kappa shape index (κ3) is 3.67. The van der Waals surface area contributed by atoms with Gasteiger partial charge >= 0.3 is 0 Å². The standard InChI is InChI=1S/C22H20FN5O3/c23-18-8-3-13(10-25-18)17-7-4-14(11-24-17)26-19(29)12-27-9-1-2-16-20(27)22(31)28(21(16)30)15-5-6-15/h3-4,7-8,10-11,15H,1-2,5-6,9,12H2,(H,26,29). The Balaban J connectivity index is 1.26. The van der Waals surface area contributed by atoms with E-state index in [0.717, 1.165) is 19.3 Å². The number of rotatable bonds is 5. The van der Waals surface area contributed by atoms with Crippen molar-refractivity contribution >= 4 is 23.4 Å². The number of imide groups is 1. The van der Waals surface area contributed by atoms with Crippen LogP contribution in [0.15, 0.2) is 47.9 Å². The number of carbonyl (C=O) groups excluding carboxylic acids is 3. The van der Waals surface area contributed by atoms with Crippen LogP contribution in [0.25, 0.3) is 11.3 Å². The normalized spacial score (nSPS) is 18.5. The van der Waals surface area contributed by atoms with Gasteiger partial charge in [-0.05, 0) is 49.9 Å². The third-order valence-electron chi connectivity index (χ3n) is 5.67. The van der Waals surface area contributed by atoms with E-state index in [2.05, 4.69) is 15.3 Å². The number of nitrogens with one attached hydrogen (secondary N) is 1. The van der Waals surface area contributed by atoms with Crippen LogP contribution in [0, 0.1) is 5.95 Å². The molecule has 1 fully saturated rings. The van der Waals surface area contributed by atoms with E-state index < -0.39 is 5.95 Å². The highest BCUT2D eigenvalue weighted by molar-refractivity contribution is 6.19. The molecule has 1 N–H and O–H groups in total. The first-order chi connectivity index (χ1) is 15.0. The first kappa shape index (κ1) is 19.3. The number of aromatic nitrogens is 2. The van der Waals surface area contributed by atoms with Crippen molar-refractivity contribution < 1.29 is 18.8 Å². The molecule has 0 aromatic carbocycles. The van der Waals surface area contributed by atoms with Crippen LogP contribution in [-0.2, 0) is 14.4 Å². The van der Waals surface area contributed by atoms with E-state index in [9.17, 15) is 18.8 Å². The lowest BCUT2D eigenvalue weighted by Gasteiger charge is -2.28. The second-order valence-corrected chi connectivity index (χ2v) is 7.91. The van der Waals surface area contributed by atoms with Crippen LogP contribution in [0.5, 0.6) is 0 Å². The van der Waals surface area contributed by atoms with Gasteiger partial charge < -0.3 is 10.2 Å². The summed E-state index contributed by atoms with van der Waals surface area (Å²) in [4.78, 5) is 49.0. The second-order valence-electron chi connectivity index (χ2n) is 7.91. The van der Waals surface area contributed by atoms with E-state index in [4.69, 9.17) is 0 Å². The zero-order chi connectivity index (χ0) is 21.5. The lowest BCUT2D eigenvalue weighted by Crippen LogP contribution is -2.40. The summed E-state index contributed by atoms with van der Waals surface area (Å²) in [7, 11) is 0. The van der Waals surface area contributed by atoms with Crippen LogP contribution in [0.4, 0.5) is 10.1 Å². The molecule has 31 heavy (non-hydrogen) atoms. The minimum Gasteiger partial charge on any atom is -0.357 e. The Kier molecular flexibility index (Phi) is 4.72. The third-order valence-corrected chi connectivity index (χ3v) is 5.67. The van der Waals surface area contributed by atoms with Crippen LogP contribution in [0.2, 0.25) is 0 Å². The first-order valence-electron chi connectivity index (χ1n) is 10.2. The molecule has 2 aromatic heterocycles. The molecular formula is C22H20FN5O3. The van der Waals surface area contributed by atoms with E-state index >= 15 is 0 Å². The maximum Gasteiger partial charge on any atom is 0.277 e. The van der Waals surface area contributed by atoms with Crippen molar-refractivity contribution in [1.29, 1.82) is 0 Å². The van der Waals surface area contributed by atoms with Crippen LogP contribution in [0.3, 0.4) is 0 Å². The average molecular weight is 421 g/mol. The quantitative estimate of drug-likeness (QED) is 0.587. The maximum absolute atomic E-state index is 13.0. The molecule has 0 unspecified atom stereocenters.